The van der Waals surface area contributed by atoms with Gasteiger partial charge < -0.3 is 9.88 Å². The van der Waals surface area contributed by atoms with Crippen molar-refractivity contribution in [2.45, 2.75) is 46.3 Å². The van der Waals surface area contributed by atoms with Gasteiger partial charge in [-0.25, -0.2) is 0 Å². The van der Waals surface area contributed by atoms with Crippen molar-refractivity contribution in [2.75, 3.05) is 13.1 Å². The van der Waals surface area contributed by atoms with Crippen LogP contribution in [-0.2, 0) is 24.3 Å². The molecule has 0 saturated heterocycles. The molecule has 1 atom stereocenters. The lowest BCUT2D eigenvalue weighted by atomic mass is 10.0. The zero-order valence-electron chi connectivity index (χ0n) is 18.6. The number of nitrogens with one attached hydrogen (secondary N) is 1. The fourth-order valence-electron chi connectivity index (χ4n) is 4.00. The summed E-state index contributed by atoms with van der Waals surface area (Å²) >= 11 is 0. The van der Waals surface area contributed by atoms with Crippen molar-refractivity contribution in [3.63, 3.8) is 0 Å². The first-order valence-electron chi connectivity index (χ1n) is 11.1. The predicted octanol–water partition coefficient (Wildman–Crippen LogP) is 3.84. The van der Waals surface area contributed by atoms with Crippen LogP contribution < -0.4 is 5.32 Å². The van der Waals surface area contributed by atoms with E-state index in [1.165, 1.54) is 16.7 Å². The molecule has 162 valence electrons. The molecule has 6 heteroatoms. The normalized spacial score (nSPS) is 15.4. The largest absolute Gasteiger partial charge is 0.346 e. The minimum atomic E-state index is -0.145. The van der Waals surface area contributed by atoms with Crippen LogP contribution in [0.5, 0.6) is 0 Å². The summed E-state index contributed by atoms with van der Waals surface area (Å²) in [7, 11) is 0. The van der Waals surface area contributed by atoms with Crippen LogP contribution in [-0.4, -0.2) is 38.7 Å². The highest BCUT2D eigenvalue weighted by Gasteiger charge is 2.23. The van der Waals surface area contributed by atoms with Crippen molar-refractivity contribution in [2.24, 2.45) is 5.92 Å². The quantitative estimate of drug-likeness (QED) is 0.662. The highest BCUT2D eigenvalue weighted by molar-refractivity contribution is 5.78. The van der Waals surface area contributed by atoms with E-state index in [4.69, 9.17) is 0 Å². The Morgan fingerprint density at radius 3 is 2.35 bits per heavy atom. The lowest BCUT2D eigenvalue weighted by molar-refractivity contribution is -0.124. The smallest absolute Gasteiger partial charge is 0.223 e. The Hall–Kier alpha value is -2.99. The highest BCUT2D eigenvalue weighted by Crippen LogP contribution is 2.21. The molecule has 0 aliphatic carbocycles. The van der Waals surface area contributed by atoms with E-state index in [9.17, 15) is 4.79 Å². The molecule has 1 aliphatic heterocycles. The van der Waals surface area contributed by atoms with Gasteiger partial charge in [-0.1, -0.05) is 68.4 Å². The molecule has 1 N–H and O–H groups in total. The number of hydrogen-bond donors (Lipinski definition) is 1. The van der Waals surface area contributed by atoms with Gasteiger partial charge in [0.05, 0.1) is 6.04 Å². The van der Waals surface area contributed by atoms with Gasteiger partial charge in [-0.15, -0.1) is 10.2 Å². The number of hydrogen-bond acceptors (Lipinski definition) is 4. The summed E-state index contributed by atoms with van der Waals surface area (Å²) in [5, 5.41) is 11.8. The van der Waals surface area contributed by atoms with Crippen LogP contribution in [0.15, 0.2) is 54.6 Å². The molecule has 2 aromatic carbocycles. The molecule has 0 spiro atoms. The number of rotatable bonds is 6. The molecule has 0 saturated carbocycles. The molecule has 3 aromatic rings. The molecule has 6 nitrogen and oxygen atoms in total. The fourth-order valence-corrected chi connectivity index (χ4v) is 4.00. The van der Waals surface area contributed by atoms with Crippen LogP contribution in [0, 0.1) is 5.92 Å². The van der Waals surface area contributed by atoms with E-state index < -0.39 is 0 Å². The molecule has 4 rings (SSSR count). The van der Waals surface area contributed by atoms with Gasteiger partial charge >= 0.3 is 0 Å². The van der Waals surface area contributed by atoms with Crippen molar-refractivity contribution in [3.8, 4) is 11.1 Å². The lowest BCUT2D eigenvalue weighted by Gasteiger charge is -2.20. The van der Waals surface area contributed by atoms with Crippen LogP contribution in [0.1, 0.15) is 44.0 Å². The summed E-state index contributed by atoms with van der Waals surface area (Å²) in [5.74, 6) is 1.84. The van der Waals surface area contributed by atoms with E-state index in [2.05, 4.69) is 73.5 Å². The summed E-state index contributed by atoms with van der Waals surface area (Å²) in [4.78, 5) is 14.5. The maximum atomic E-state index is 12.1. The van der Waals surface area contributed by atoms with Crippen molar-refractivity contribution in [1.29, 1.82) is 0 Å². The number of carbonyl (C=O) groups is 1. The Morgan fingerprint density at radius 1 is 0.935 bits per heavy atom. The van der Waals surface area contributed by atoms with E-state index in [1.54, 1.807) is 0 Å². The molecule has 1 aromatic heterocycles. The average molecular weight is 418 g/mol. The first kappa shape index (κ1) is 21.2. The second-order valence-electron chi connectivity index (χ2n) is 8.60. The monoisotopic (exact) mass is 417 g/mol. The molecular weight excluding hydrogens is 386 g/mol. The van der Waals surface area contributed by atoms with Gasteiger partial charge in [-0.3, -0.25) is 9.69 Å². The van der Waals surface area contributed by atoms with Crippen LogP contribution in [0.25, 0.3) is 11.1 Å². The minimum Gasteiger partial charge on any atom is -0.346 e. The standard InChI is InChI=1S/C25H31N5O/c1-18(2)25(31)26-19(3)24-28-27-23-13-14-29(15-16-30(23)24)17-20-9-11-22(12-10-20)21-7-5-4-6-8-21/h4-12,18-19H,13-17H2,1-3H3,(H,26,31)/t19-/m0/s1. The topological polar surface area (TPSA) is 63.1 Å². The zero-order chi connectivity index (χ0) is 21.8. The maximum absolute atomic E-state index is 12.1. The SMILES string of the molecule is CC(C)C(=O)N[C@@H](C)c1nnc2n1CCN(Cc1ccc(-c3ccccc3)cc1)CC2. The molecular formula is C25H31N5O. The van der Waals surface area contributed by atoms with E-state index in [0.29, 0.717) is 0 Å². The van der Waals surface area contributed by atoms with E-state index in [1.807, 2.05) is 26.8 Å². The molecule has 0 radical (unpaired) electrons. The number of fused-ring (bicyclic) bond motifs is 1. The van der Waals surface area contributed by atoms with Gasteiger partial charge in [0.1, 0.15) is 5.82 Å². The molecule has 0 bridgehead atoms. The summed E-state index contributed by atoms with van der Waals surface area (Å²) in [6.07, 6.45) is 0.861. The zero-order valence-corrected chi connectivity index (χ0v) is 18.6. The van der Waals surface area contributed by atoms with Crippen molar-refractivity contribution >= 4 is 5.91 Å². The molecule has 1 aliphatic rings. The predicted molar refractivity (Wildman–Crippen MR) is 122 cm³/mol. The Morgan fingerprint density at radius 2 is 1.65 bits per heavy atom. The second kappa shape index (κ2) is 9.43. The van der Waals surface area contributed by atoms with Crippen molar-refractivity contribution in [3.05, 3.63) is 71.8 Å². The van der Waals surface area contributed by atoms with E-state index in [0.717, 1.165) is 44.2 Å². The third kappa shape index (κ3) is 5.02. The summed E-state index contributed by atoms with van der Waals surface area (Å²) in [6.45, 7) is 9.42. The van der Waals surface area contributed by atoms with Crippen LogP contribution in [0.4, 0.5) is 0 Å². The van der Waals surface area contributed by atoms with Gasteiger partial charge in [-0.2, -0.15) is 0 Å². The van der Waals surface area contributed by atoms with Crippen molar-refractivity contribution < 1.29 is 4.79 Å². The van der Waals surface area contributed by atoms with Gasteiger partial charge in [0.25, 0.3) is 0 Å². The summed E-state index contributed by atoms with van der Waals surface area (Å²) < 4.78 is 2.18. The Balaban J connectivity index is 1.39. The molecule has 2 heterocycles. The van der Waals surface area contributed by atoms with E-state index >= 15 is 0 Å². The number of amides is 1. The Bertz CT molecular complexity index is 1010. The van der Waals surface area contributed by atoms with Gasteiger partial charge in [0.15, 0.2) is 5.82 Å². The number of aromatic nitrogens is 3. The van der Waals surface area contributed by atoms with Crippen LogP contribution >= 0.6 is 0 Å². The first-order valence-corrected chi connectivity index (χ1v) is 11.1. The van der Waals surface area contributed by atoms with Gasteiger partial charge in [0.2, 0.25) is 5.91 Å². The average Bonchev–Trinajstić information content (AvgIpc) is 3.09. The Kier molecular flexibility index (Phi) is 6.47. The number of benzene rings is 2. The van der Waals surface area contributed by atoms with E-state index in [-0.39, 0.29) is 17.9 Å². The van der Waals surface area contributed by atoms with Gasteiger partial charge in [0, 0.05) is 38.5 Å². The third-order valence-corrected chi connectivity index (χ3v) is 5.89. The molecule has 1 amide bonds. The molecule has 0 unspecified atom stereocenters. The fraction of sp³-hybridized carbons (Fsp3) is 0.400. The Labute approximate surface area is 184 Å². The third-order valence-electron chi connectivity index (χ3n) is 5.89. The highest BCUT2D eigenvalue weighted by atomic mass is 16.1. The molecule has 0 fully saturated rings. The number of carbonyl (C=O) groups excluding carboxylic acids is 1. The summed E-state index contributed by atoms with van der Waals surface area (Å²) in [6, 6.07) is 19.2. The first-order chi connectivity index (χ1) is 15.0. The second-order valence-corrected chi connectivity index (χ2v) is 8.60. The maximum Gasteiger partial charge on any atom is 0.223 e. The molecule has 31 heavy (non-hydrogen) atoms. The van der Waals surface area contributed by atoms with Crippen LogP contribution in [0.2, 0.25) is 0 Å². The van der Waals surface area contributed by atoms with Crippen molar-refractivity contribution in [1.82, 2.24) is 25.0 Å². The number of nitrogens with zero attached hydrogens (tertiary/aromatic N) is 4. The van der Waals surface area contributed by atoms with Gasteiger partial charge in [-0.05, 0) is 23.6 Å². The lowest BCUT2D eigenvalue weighted by Crippen LogP contribution is -2.32. The summed E-state index contributed by atoms with van der Waals surface area (Å²) in [5.41, 5.74) is 3.80. The van der Waals surface area contributed by atoms with Crippen LogP contribution in [0.3, 0.4) is 0 Å². The minimum absolute atomic E-state index is 0.0408.